The lowest BCUT2D eigenvalue weighted by molar-refractivity contribution is 0.372. The summed E-state index contributed by atoms with van der Waals surface area (Å²) in [7, 11) is 0. The third kappa shape index (κ3) is 4.69. The molecule has 1 aliphatic carbocycles. The van der Waals surface area contributed by atoms with Crippen molar-refractivity contribution in [3.05, 3.63) is 155 Å². The summed E-state index contributed by atoms with van der Waals surface area (Å²) < 4.78 is 0. The summed E-state index contributed by atoms with van der Waals surface area (Å²) >= 11 is 1.87. The van der Waals surface area contributed by atoms with Crippen LogP contribution in [0.3, 0.4) is 0 Å². The fraction of sp³-hybridized carbons (Fsp3) is 0.150. The topological polar surface area (TPSA) is 25.2 Å². The van der Waals surface area contributed by atoms with Crippen LogP contribution in [0.25, 0.3) is 33.4 Å². The highest BCUT2D eigenvalue weighted by atomic mass is 32.2. The van der Waals surface area contributed by atoms with Gasteiger partial charge in [0.25, 0.3) is 0 Å². The predicted octanol–water partition coefficient (Wildman–Crippen LogP) is 10.7. The molecule has 0 N–H and O–H groups in total. The van der Waals surface area contributed by atoms with Crippen molar-refractivity contribution in [3.63, 3.8) is 0 Å². The second-order valence-corrected chi connectivity index (χ2v) is 13.1. The van der Waals surface area contributed by atoms with Crippen LogP contribution in [0.15, 0.2) is 148 Å². The fourth-order valence-electron chi connectivity index (χ4n) is 7.29. The number of benzene rings is 4. The summed E-state index contributed by atoms with van der Waals surface area (Å²) in [6, 6.07) is 37.5. The van der Waals surface area contributed by atoms with E-state index in [1.807, 2.05) is 24.2 Å². The predicted molar refractivity (Wildman–Crippen MR) is 183 cm³/mol. The maximum atomic E-state index is 4.62. The molecule has 2 nitrogen and oxygen atoms in total. The zero-order valence-electron chi connectivity index (χ0n) is 24.8. The molecule has 210 valence electrons. The molecule has 0 fully saturated rings. The smallest absolute Gasteiger partial charge is 0.0309 e. The minimum absolute atomic E-state index is 0.0421. The maximum Gasteiger partial charge on any atom is 0.0309 e. The van der Waals surface area contributed by atoms with Crippen LogP contribution in [0.1, 0.15) is 43.4 Å². The second-order valence-electron chi connectivity index (χ2n) is 12.0. The molecule has 0 saturated heterocycles. The first-order valence-electron chi connectivity index (χ1n) is 14.8. The minimum atomic E-state index is -0.0421. The molecule has 0 radical (unpaired) electrons. The monoisotopic (exact) mass is 574 g/mol. The molecule has 0 amide bonds. The van der Waals surface area contributed by atoms with Gasteiger partial charge < -0.3 is 0 Å². The van der Waals surface area contributed by atoms with Gasteiger partial charge in [-0.15, -0.1) is 0 Å². The number of thioether (sulfide) groups is 1. The van der Waals surface area contributed by atoms with E-state index in [-0.39, 0.29) is 11.3 Å². The van der Waals surface area contributed by atoms with Crippen LogP contribution in [0.5, 0.6) is 0 Å². The minimum Gasteiger partial charge on any atom is -0.272 e. The molecule has 1 aromatic heterocycles. The molecule has 0 spiro atoms. The quantitative estimate of drug-likeness (QED) is 0.195. The van der Waals surface area contributed by atoms with E-state index >= 15 is 0 Å². The number of allylic oxidation sites excluding steroid dienone is 2. The third-order valence-corrected chi connectivity index (χ3v) is 10.6. The van der Waals surface area contributed by atoms with Crippen molar-refractivity contribution < 1.29 is 0 Å². The third-order valence-electron chi connectivity index (χ3n) is 9.23. The van der Waals surface area contributed by atoms with Gasteiger partial charge in [-0.1, -0.05) is 110 Å². The van der Waals surface area contributed by atoms with E-state index < -0.39 is 0 Å². The van der Waals surface area contributed by atoms with Crippen molar-refractivity contribution in [1.29, 1.82) is 0 Å². The van der Waals surface area contributed by atoms with Gasteiger partial charge in [0.05, 0.1) is 0 Å². The van der Waals surface area contributed by atoms with Crippen molar-refractivity contribution in [2.75, 3.05) is 0 Å². The lowest BCUT2D eigenvalue weighted by Crippen LogP contribution is -2.27. The molecule has 2 heterocycles. The van der Waals surface area contributed by atoms with Gasteiger partial charge in [-0.05, 0) is 99.5 Å². The molecule has 7 rings (SSSR count). The summed E-state index contributed by atoms with van der Waals surface area (Å²) in [6.07, 6.45) is 8.02. The first-order chi connectivity index (χ1) is 21.0. The maximum absolute atomic E-state index is 4.62. The van der Waals surface area contributed by atoms with Crippen LogP contribution in [0.2, 0.25) is 0 Å². The Labute approximate surface area is 259 Å². The highest BCUT2D eigenvalue weighted by molar-refractivity contribution is 8.03. The van der Waals surface area contributed by atoms with E-state index in [1.54, 1.807) is 0 Å². The van der Waals surface area contributed by atoms with E-state index in [1.165, 1.54) is 65.4 Å². The number of aliphatic imine (C=N–C) groups is 1. The molecule has 5 aromatic rings. The largest absolute Gasteiger partial charge is 0.272 e. The molecule has 2 atom stereocenters. The van der Waals surface area contributed by atoms with Crippen LogP contribution >= 0.6 is 11.8 Å². The number of rotatable bonds is 5. The first kappa shape index (κ1) is 27.4. The van der Waals surface area contributed by atoms with Crippen molar-refractivity contribution in [1.82, 2.24) is 4.98 Å². The van der Waals surface area contributed by atoms with Crippen molar-refractivity contribution in [2.24, 2.45) is 10.9 Å². The molecule has 0 saturated carbocycles. The molecule has 0 bridgehead atoms. The molecule has 43 heavy (non-hydrogen) atoms. The highest BCUT2D eigenvalue weighted by Gasteiger charge is 2.50. The van der Waals surface area contributed by atoms with Crippen LogP contribution in [-0.2, 0) is 5.41 Å². The number of pyridine rings is 1. The number of hydrogen-bond donors (Lipinski definition) is 0. The number of aromatic nitrogens is 1. The molecular formula is C40H34N2S. The zero-order chi connectivity index (χ0) is 29.6. The lowest BCUT2D eigenvalue weighted by atomic mass is 9.70. The average molecular weight is 575 g/mol. The second kappa shape index (κ2) is 11.0. The van der Waals surface area contributed by atoms with Crippen LogP contribution in [-0.4, -0.2) is 11.7 Å². The molecule has 4 aromatic carbocycles. The normalized spacial score (nSPS) is 18.6. The van der Waals surface area contributed by atoms with Crippen molar-refractivity contribution in [2.45, 2.75) is 37.0 Å². The Bertz CT molecular complexity index is 1840. The van der Waals surface area contributed by atoms with E-state index in [9.17, 15) is 0 Å². The van der Waals surface area contributed by atoms with Crippen molar-refractivity contribution in [3.8, 4) is 33.4 Å². The Kier molecular flexibility index (Phi) is 6.99. The summed E-state index contributed by atoms with van der Waals surface area (Å²) in [6.45, 7) is 10.8. The van der Waals surface area contributed by atoms with E-state index in [2.05, 4.69) is 153 Å². The SMILES string of the molecule is C=N/C=C\C1=C(C)C2C(c3cnccc3C2(C)C)c2cccc(-c3cc(-c4ccccc4)cc(-c4ccccc4)c3)c2S1. The molecular weight excluding hydrogens is 541 g/mol. The first-order valence-corrected chi connectivity index (χ1v) is 15.6. The molecule has 3 heteroatoms. The lowest BCUT2D eigenvalue weighted by Gasteiger charge is -2.32. The van der Waals surface area contributed by atoms with Gasteiger partial charge in [-0.25, -0.2) is 0 Å². The standard InChI is InChI=1S/C40H34N2S/c1-26-36(19-20-41-4)43-39-32(16-11-17-33(39)37-34-25-42-21-18-35(34)40(2,3)38(26)37)31-23-29(27-12-7-5-8-13-27)22-30(24-31)28-14-9-6-10-15-28/h5-25,37-38H,4H2,1-3H3/b20-19-. The zero-order valence-corrected chi connectivity index (χ0v) is 25.6. The van der Waals surface area contributed by atoms with Crippen LogP contribution < -0.4 is 0 Å². The Morgan fingerprint density at radius 2 is 1.42 bits per heavy atom. The van der Waals surface area contributed by atoms with Gasteiger partial charge in [-0.2, -0.15) is 0 Å². The van der Waals surface area contributed by atoms with Gasteiger partial charge in [0, 0.05) is 40.2 Å². The summed E-state index contributed by atoms with van der Waals surface area (Å²) in [5, 5.41) is 0. The number of fused-ring (bicyclic) bond motifs is 5. The highest BCUT2D eigenvalue weighted by Crippen LogP contribution is 2.61. The fourth-order valence-corrected chi connectivity index (χ4v) is 8.54. The average Bonchev–Trinajstić information content (AvgIpc) is 3.20. The summed E-state index contributed by atoms with van der Waals surface area (Å²) in [5.74, 6) is 0.519. The Balaban J connectivity index is 1.50. The van der Waals surface area contributed by atoms with Gasteiger partial charge >= 0.3 is 0 Å². The van der Waals surface area contributed by atoms with E-state index in [4.69, 9.17) is 0 Å². The molecule has 2 unspecified atom stereocenters. The van der Waals surface area contributed by atoms with Gasteiger partial charge in [0.15, 0.2) is 0 Å². The summed E-state index contributed by atoms with van der Waals surface area (Å²) in [5.41, 5.74) is 12.8. The number of hydrogen-bond acceptors (Lipinski definition) is 3. The Hall–Kier alpha value is -4.47. The van der Waals surface area contributed by atoms with Gasteiger partial charge in [0.1, 0.15) is 0 Å². The van der Waals surface area contributed by atoms with Crippen molar-refractivity contribution >= 4 is 18.5 Å². The van der Waals surface area contributed by atoms with Crippen LogP contribution in [0.4, 0.5) is 0 Å². The molecule has 2 aliphatic rings. The Morgan fingerprint density at radius 1 is 0.767 bits per heavy atom. The number of nitrogens with zero attached hydrogens (tertiary/aromatic N) is 2. The van der Waals surface area contributed by atoms with E-state index in [0.29, 0.717) is 5.92 Å². The van der Waals surface area contributed by atoms with E-state index in [0.717, 1.165) is 0 Å². The summed E-state index contributed by atoms with van der Waals surface area (Å²) in [4.78, 5) is 11.3. The van der Waals surface area contributed by atoms with Gasteiger partial charge in [-0.3, -0.25) is 9.98 Å². The van der Waals surface area contributed by atoms with Crippen LogP contribution in [0, 0.1) is 5.92 Å². The van der Waals surface area contributed by atoms with Gasteiger partial charge in [0.2, 0.25) is 0 Å². The Morgan fingerprint density at radius 3 is 2.07 bits per heavy atom. The molecule has 1 aliphatic heterocycles.